The molecular weight excluding hydrogens is 490 g/mol. The number of nitrogens with zero attached hydrogens (tertiary/aromatic N) is 3. The largest absolute Gasteiger partial charge is 0.493 e. The van der Waals surface area contributed by atoms with E-state index in [9.17, 15) is 9.59 Å². The molecule has 0 bridgehead atoms. The lowest BCUT2D eigenvalue weighted by Gasteiger charge is -2.17. The Morgan fingerprint density at radius 2 is 2.03 bits per heavy atom. The Morgan fingerprint density at radius 3 is 2.71 bits per heavy atom. The Kier molecular flexibility index (Phi) is 6.97. The average Bonchev–Trinajstić information content (AvgIpc) is 2.74. The first-order valence-electron chi connectivity index (χ1n) is 9.10. The summed E-state index contributed by atoms with van der Waals surface area (Å²) in [4.78, 5) is 29.2. The van der Waals surface area contributed by atoms with Crippen LogP contribution in [0.15, 0.2) is 44.7 Å². The zero-order valence-corrected chi connectivity index (χ0v) is 19.5. The number of methoxy groups -OCH3 is 2. The number of fused-ring (bicyclic) bond motifs is 1. The predicted octanol–water partition coefficient (Wildman–Crippen LogP) is 3.95. The number of rotatable bonds is 6. The number of aryl methyl sites for hydroxylation is 1. The summed E-state index contributed by atoms with van der Waals surface area (Å²) in [6, 6.07) is 8.38. The minimum absolute atomic E-state index is 0.232. The first-order valence-corrected chi connectivity index (χ1v) is 10.3. The molecular formula is C21H19BrClN3O5. The molecule has 1 atom stereocenters. The van der Waals surface area contributed by atoms with Crippen molar-refractivity contribution in [2.24, 2.45) is 5.10 Å². The normalized spacial score (nSPS) is 12.2. The van der Waals surface area contributed by atoms with Gasteiger partial charge in [-0.15, -0.1) is 0 Å². The molecule has 0 aliphatic heterocycles. The van der Waals surface area contributed by atoms with Crippen molar-refractivity contribution < 1.29 is 19.0 Å². The smallest absolute Gasteiger partial charge is 0.346 e. The molecule has 2 aromatic carbocycles. The van der Waals surface area contributed by atoms with Crippen LogP contribution in [-0.2, 0) is 9.53 Å². The lowest BCUT2D eigenvalue weighted by Crippen LogP contribution is -2.25. The first-order chi connectivity index (χ1) is 14.7. The molecule has 8 nitrogen and oxygen atoms in total. The van der Waals surface area contributed by atoms with Gasteiger partial charge in [0.25, 0.3) is 5.56 Å². The number of aromatic nitrogens is 2. The molecule has 0 fully saturated rings. The summed E-state index contributed by atoms with van der Waals surface area (Å²) in [6.07, 6.45) is 0.490. The first kappa shape index (κ1) is 22.8. The molecule has 0 saturated carbocycles. The zero-order chi connectivity index (χ0) is 22.7. The maximum Gasteiger partial charge on any atom is 0.346 e. The molecule has 0 N–H and O–H groups in total. The second-order valence-corrected chi connectivity index (χ2v) is 7.84. The summed E-state index contributed by atoms with van der Waals surface area (Å²) >= 11 is 9.55. The van der Waals surface area contributed by atoms with Crippen LogP contribution >= 0.6 is 27.5 Å². The standard InChI is InChI=1S/C21H19BrClN3O5/c1-11(21(28)30-4)31-19-13(7-15(23)9-18(19)29-3)10-24-26-12(2)25-17-6-5-14(22)8-16(17)20(26)27/h5-11H,1-4H3/t11-/m1/s1. The van der Waals surface area contributed by atoms with Crippen molar-refractivity contribution in [1.29, 1.82) is 0 Å². The van der Waals surface area contributed by atoms with Gasteiger partial charge in [0.05, 0.1) is 31.3 Å². The second-order valence-electron chi connectivity index (χ2n) is 6.49. The minimum atomic E-state index is -0.906. The third-order valence-electron chi connectivity index (χ3n) is 4.38. The van der Waals surface area contributed by atoms with Gasteiger partial charge in [-0.3, -0.25) is 4.79 Å². The molecule has 0 saturated heterocycles. The summed E-state index contributed by atoms with van der Waals surface area (Å²) in [5.74, 6) is 0.372. The van der Waals surface area contributed by atoms with E-state index in [2.05, 4.69) is 26.0 Å². The van der Waals surface area contributed by atoms with Crippen molar-refractivity contribution in [3.63, 3.8) is 0 Å². The van der Waals surface area contributed by atoms with Crippen LogP contribution < -0.4 is 15.0 Å². The summed E-state index contributed by atoms with van der Waals surface area (Å²) in [6.45, 7) is 3.22. The fourth-order valence-electron chi connectivity index (χ4n) is 2.87. The van der Waals surface area contributed by atoms with Crippen LogP contribution in [0.4, 0.5) is 0 Å². The number of hydrogen-bond donors (Lipinski definition) is 0. The van der Waals surface area contributed by atoms with Crippen LogP contribution in [0.5, 0.6) is 11.5 Å². The Labute approximate surface area is 191 Å². The van der Waals surface area contributed by atoms with Crippen molar-refractivity contribution in [2.75, 3.05) is 14.2 Å². The number of ether oxygens (including phenoxy) is 3. The molecule has 0 unspecified atom stereocenters. The zero-order valence-electron chi connectivity index (χ0n) is 17.2. The van der Waals surface area contributed by atoms with E-state index in [-0.39, 0.29) is 11.3 Å². The second kappa shape index (κ2) is 9.49. The van der Waals surface area contributed by atoms with E-state index in [1.807, 2.05) is 6.07 Å². The van der Waals surface area contributed by atoms with Gasteiger partial charge in [-0.2, -0.15) is 9.78 Å². The monoisotopic (exact) mass is 507 g/mol. The van der Waals surface area contributed by atoms with Crippen LogP contribution in [0.3, 0.4) is 0 Å². The average molecular weight is 509 g/mol. The molecule has 0 spiro atoms. The number of benzene rings is 2. The van der Waals surface area contributed by atoms with Crippen molar-refractivity contribution in [3.05, 3.63) is 61.6 Å². The highest BCUT2D eigenvalue weighted by molar-refractivity contribution is 9.10. The molecule has 1 heterocycles. The highest BCUT2D eigenvalue weighted by atomic mass is 79.9. The summed E-state index contributed by atoms with van der Waals surface area (Å²) in [5.41, 5.74) is 0.637. The predicted molar refractivity (Wildman–Crippen MR) is 122 cm³/mol. The molecule has 0 aliphatic carbocycles. The van der Waals surface area contributed by atoms with Gasteiger partial charge in [0.15, 0.2) is 17.6 Å². The van der Waals surface area contributed by atoms with Crippen molar-refractivity contribution >= 4 is 50.6 Å². The van der Waals surface area contributed by atoms with E-state index in [1.54, 1.807) is 38.1 Å². The van der Waals surface area contributed by atoms with E-state index >= 15 is 0 Å². The van der Waals surface area contributed by atoms with Crippen molar-refractivity contribution in [1.82, 2.24) is 9.66 Å². The molecule has 0 aliphatic rings. The third kappa shape index (κ3) is 4.88. The quantitative estimate of drug-likeness (QED) is 0.370. The van der Waals surface area contributed by atoms with Gasteiger partial charge in [0.1, 0.15) is 5.82 Å². The third-order valence-corrected chi connectivity index (χ3v) is 5.09. The summed E-state index contributed by atoms with van der Waals surface area (Å²) in [7, 11) is 2.71. The van der Waals surface area contributed by atoms with E-state index in [0.29, 0.717) is 33.1 Å². The molecule has 3 aromatic rings. The molecule has 0 radical (unpaired) electrons. The van der Waals surface area contributed by atoms with Crippen LogP contribution in [0.25, 0.3) is 10.9 Å². The molecule has 1 aromatic heterocycles. The topological polar surface area (TPSA) is 92.0 Å². The van der Waals surface area contributed by atoms with Gasteiger partial charge in [0.2, 0.25) is 0 Å². The van der Waals surface area contributed by atoms with Gasteiger partial charge in [-0.1, -0.05) is 27.5 Å². The van der Waals surface area contributed by atoms with E-state index in [0.717, 1.165) is 4.47 Å². The Hall–Kier alpha value is -2.91. The van der Waals surface area contributed by atoms with Crippen LogP contribution in [-0.4, -0.2) is 42.2 Å². The molecule has 3 rings (SSSR count). The number of hydrogen-bond acceptors (Lipinski definition) is 7. The number of esters is 1. The SMILES string of the molecule is COC(=O)[C@@H](C)Oc1c(C=Nn2c(C)nc3ccc(Br)cc3c2=O)cc(Cl)cc1OC. The summed E-state index contributed by atoms with van der Waals surface area (Å²) in [5, 5.41) is 5.07. The lowest BCUT2D eigenvalue weighted by atomic mass is 10.2. The maximum absolute atomic E-state index is 12.9. The van der Waals surface area contributed by atoms with Gasteiger partial charge < -0.3 is 14.2 Å². The Bertz CT molecular complexity index is 1240. The van der Waals surface area contributed by atoms with Crippen LogP contribution in [0, 0.1) is 6.92 Å². The van der Waals surface area contributed by atoms with Crippen LogP contribution in [0.2, 0.25) is 5.02 Å². The number of carbonyl (C=O) groups excluding carboxylic acids is 1. The lowest BCUT2D eigenvalue weighted by molar-refractivity contribution is -0.147. The maximum atomic E-state index is 12.9. The molecule has 0 amide bonds. The van der Waals surface area contributed by atoms with E-state index in [4.69, 9.17) is 25.8 Å². The number of carbonyl (C=O) groups is 1. The number of halogens is 2. The van der Waals surface area contributed by atoms with Gasteiger partial charge in [0, 0.05) is 21.1 Å². The fourth-order valence-corrected chi connectivity index (χ4v) is 3.45. The minimum Gasteiger partial charge on any atom is -0.493 e. The molecule has 162 valence electrons. The van der Waals surface area contributed by atoms with Crippen molar-refractivity contribution in [2.45, 2.75) is 20.0 Å². The van der Waals surface area contributed by atoms with Gasteiger partial charge >= 0.3 is 5.97 Å². The van der Waals surface area contributed by atoms with E-state index < -0.39 is 12.1 Å². The molecule has 10 heteroatoms. The Balaban J connectivity index is 2.11. The highest BCUT2D eigenvalue weighted by Crippen LogP contribution is 2.34. The van der Waals surface area contributed by atoms with E-state index in [1.165, 1.54) is 25.1 Å². The van der Waals surface area contributed by atoms with Crippen molar-refractivity contribution in [3.8, 4) is 11.5 Å². The van der Waals surface area contributed by atoms with Gasteiger partial charge in [-0.25, -0.2) is 9.78 Å². The fraction of sp³-hybridized carbons (Fsp3) is 0.238. The van der Waals surface area contributed by atoms with Gasteiger partial charge in [-0.05, 0) is 38.1 Å². The summed E-state index contributed by atoms with van der Waals surface area (Å²) < 4.78 is 17.7. The Morgan fingerprint density at radius 1 is 1.29 bits per heavy atom. The van der Waals surface area contributed by atoms with Crippen LogP contribution in [0.1, 0.15) is 18.3 Å². The molecule has 31 heavy (non-hydrogen) atoms. The highest BCUT2D eigenvalue weighted by Gasteiger charge is 2.20.